The standard InChI is InChI=1S/C23H32N2O4S/c1-18-8-5-6-9-21(18)29-17-7-10-22(26)24-15-16-25-30(27,28)20-13-11-19(12-14-20)23(2,3)4/h5-6,8-9,11-14,25H,7,10,15-17H2,1-4H3,(H,24,26). The first-order chi connectivity index (χ1) is 14.1. The molecule has 2 aromatic rings. The molecular weight excluding hydrogens is 400 g/mol. The number of hydrogen-bond acceptors (Lipinski definition) is 4. The van der Waals surface area contributed by atoms with E-state index in [1.807, 2.05) is 43.3 Å². The van der Waals surface area contributed by atoms with Gasteiger partial charge >= 0.3 is 0 Å². The largest absolute Gasteiger partial charge is 0.493 e. The van der Waals surface area contributed by atoms with E-state index in [9.17, 15) is 13.2 Å². The van der Waals surface area contributed by atoms with Gasteiger partial charge in [-0.3, -0.25) is 4.79 Å². The second kappa shape index (κ2) is 10.6. The molecule has 0 fully saturated rings. The molecule has 0 aromatic heterocycles. The van der Waals surface area contributed by atoms with E-state index in [-0.39, 0.29) is 29.3 Å². The van der Waals surface area contributed by atoms with Gasteiger partial charge in [0.05, 0.1) is 11.5 Å². The van der Waals surface area contributed by atoms with Crippen LogP contribution in [0, 0.1) is 6.92 Å². The summed E-state index contributed by atoms with van der Waals surface area (Å²) < 4.78 is 32.9. The first kappa shape index (κ1) is 23.9. The minimum atomic E-state index is -3.60. The summed E-state index contributed by atoms with van der Waals surface area (Å²) >= 11 is 0. The number of ether oxygens (including phenoxy) is 1. The highest BCUT2D eigenvalue weighted by Crippen LogP contribution is 2.23. The lowest BCUT2D eigenvalue weighted by Gasteiger charge is -2.19. The van der Waals surface area contributed by atoms with Gasteiger partial charge < -0.3 is 10.1 Å². The van der Waals surface area contributed by atoms with E-state index in [2.05, 4.69) is 30.8 Å². The normalized spacial score (nSPS) is 11.9. The van der Waals surface area contributed by atoms with Crippen LogP contribution in [-0.4, -0.2) is 34.0 Å². The number of nitrogens with one attached hydrogen (secondary N) is 2. The number of amides is 1. The molecule has 2 N–H and O–H groups in total. The molecule has 6 nitrogen and oxygen atoms in total. The molecule has 2 aromatic carbocycles. The minimum absolute atomic E-state index is 0.0367. The van der Waals surface area contributed by atoms with Gasteiger partial charge in [0.2, 0.25) is 15.9 Å². The Labute approximate surface area is 180 Å². The van der Waals surface area contributed by atoms with Crippen LogP contribution in [0.4, 0.5) is 0 Å². The average molecular weight is 433 g/mol. The summed E-state index contributed by atoms with van der Waals surface area (Å²) in [6.45, 7) is 9.02. The van der Waals surface area contributed by atoms with Gasteiger partial charge in [-0.05, 0) is 48.1 Å². The first-order valence-electron chi connectivity index (χ1n) is 10.1. The fraction of sp³-hybridized carbons (Fsp3) is 0.435. The number of aryl methyl sites for hydroxylation is 1. The zero-order valence-electron chi connectivity index (χ0n) is 18.2. The number of benzene rings is 2. The molecule has 0 aliphatic heterocycles. The number of carbonyl (C=O) groups excluding carboxylic acids is 1. The molecule has 7 heteroatoms. The average Bonchev–Trinajstić information content (AvgIpc) is 2.69. The topological polar surface area (TPSA) is 84.5 Å². The Balaban J connectivity index is 1.67. The van der Waals surface area contributed by atoms with Crippen LogP contribution in [0.3, 0.4) is 0 Å². The van der Waals surface area contributed by atoms with Gasteiger partial charge in [0.25, 0.3) is 0 Å². The third-order valence-electron chi connectivity index (χ3n) is 4.67. The van der Waals surface area contributed by atoms with Gasteiger partial charge in [0, 0.05) is 19.5 Å². The van der Waals surface area contributed by atoms with Gasteiger partial charge in [0.1, 0.15) is 5.75 Å². The molecule has 0 saturated heterocycles. The quantitative estimate of drug-likeness (QED) is 0.563. The van der Waals surface area contributed by atoms with Gasteiger partial charge in [-0.15, -0.1) is 0 Å². The summed E-state index contributed by atoms with van der Waals surface area (Å²) in [4.78, 5) is 12.1. The van der Waals surface area contributed by atoms with E-state index in [1.165, 1.54) is 0 Å². The zero-order valence-corrected chi connectivity index (χ0v) is 19.0. The molecular formula is C23H32N2O4S. The van der Waals surface area contributed by atoms with Crippen molar-refractivity contribution in [3.8, 4) is 5.75 Å². The first-order valence-corrected chi connectivity index (χ1v) is 11.6. The van der Waals surface area contributed by atoms with E-state index < -0.39 is 10.0 Å². The van der Waals surface area contributed by atoms with Crippen molar-refractivity contribution >= 4 is 15.9 Å². The van der Waals surface area contributed by atoms with Gasteiger partial charge in [-0.1, -0.05) is 51.1 Å². The molecule has 0 bridgehead atoms. The second-order valence-electron chi connectivity index (χ2n) is 8.24. The summed E-state index contributed by atoms with van der Waals surface area (Å²) in [5, 5.41) is 2.72. The molecule has 1 amide bonds. The molecule has 0 atom stereocenters. The van der Waals surface area contributed by atoms with Gasteiger partial charge in [-0.25, -0.2) is 13.1 Å². The number of para-hydroxylation sites is 1. The van der Waals surface area contributed by atoms with Crippen molar-refractivity contribution in [1.29, 1.82) is 0 Å². The molecule has 2 rings (SSSR count). The number of carbonyl (C=O) groups is 1. The molecule has 30 heavy (non-hydrogen) atoms. The highest BCUT2D eigenvalue weighted by atomic mass is 32.2. The smallest absolute Gasteiger partial charge is 0.240 e. The van der Waals surface area contributed by atoms with E-state index >= 15 is 0 Å². The van der Waals surface area contributed by atoms with Crippen molar-refractivity contribution < 1.29 is 17.9 Å². The molecule has 0 radical (unpaired) electrons. The Bertz CT molecular complexity index is 932. The maximum atomic E-state index is 12.4. The highest BCUT2D eigenvalue weighted by molar-refractivity contribution is 7.89. The predicted octanol–water partition coefficient (Wildman–Crippen LogP) is 3.55. The summed E-state index contributed by atoms with van der Waals surface area (Å²) in [6.07, 6.45) is 0.916. The Morgan fingerprint density at radius 1 is 1.00 bits per heavy atom. The van der Waals surface area contributed by atoms with Crippen LogP contribution in [0.15, 0.2) is 53.4 Å². The lowest BCUT2D eigenvalue weighted by molar-refractivity contribution is -0.121. The minimum Gasteiger partial charge on any atom is -0.493 e. The Kier molecular flexibility index (Phi) is 8.43. The van der Waals surface area contributed by atoms with Crippen molar-refractivity contribution in [2.75, 3.05) is 19.7 Å². The third-order valence-corrected chi connectivity index (χ3v) is 6.15. The molecule has 0 spiro atoms. The summed E-state index contributed by atoms with van der Waals surface area (Å²) in [5.74, 6) is 0.694. The molecule has 0 heterocycles. The van der Waals surface area contributed by atoms with Crippen molar-refractivity contribution in [2.45, 2.75) is 50.8 Å². The fourth-order valence-electron chi connectivity index (χ4n) is 2.83. The van der Waals surface area contributed by atoms with E-state index in [4.69, 9.17) is 4.74 Å². The lowest BCUT2D eigenvalue weighted by Crippen LogP contribution is -2.34. The summed E-state index contributed by atoms with van der Waals surface area (Å²) in [5.41, 5.74) is 2.09. The summed E-state index contributed by atoms with van der Waals surface area (Å²) in [7, 11) is -3.60. The Morgan fingerprint density at radius 2 is 1.67 bits per heavy atom. The van der Waals surface area contributed by atoms with Gasteiger partial charge in [-0.2, -0.15) is 0 Å². The maximum absolute atomic E-state index is 12.4. The van der Waals surface area contributed by atoms with Crippen molar-refractivity contribution in [1.82, 2.24) is 10.0 Å². The third kappa shape index (κ3) is 7.46. The Morgan fingerprint density at radius 3 is 2.30 bits per heavy atom. The van der Waals surface area contributed by atoms with Crippen LogP contribution < -0.4 is 14.8 Å². The Hall–Kier alpha value is -2.38. The van der Waals surface area contributed by atoms with Crippen LogP contribution >= 0.6 is 0 Å². The van der Waals surface area contributed by atoms with Crippen molar-refractivity contribution in [2.24, 2.45) is 0 Å². The number of sulfonamides is 1. The van der Waals surface area contributed by atoms with Crippen molar-refractivity contribution in [3.63, 3.8) is 0 Å². The fourth-order valence-corrected chi connectivity index (χ4v) is 3.86. The van der Waals surface area contributed by atoms with Crippen LogP contribution in [0.1, 0.15) is 44.7 Å². The predicted molar refractivity (Wildman–Crippen MR) is 119 cm³/mol. The number of rotatable bonds is 10. The maximum Gasteiger partial charge on any atom is 0.240 e. The monoisotopic (exact) mass is 432 g/mol. The number of hydrogen-bond donors (Lipinski definition) is 2. The lowest BCUT2D eigenvalue weighted by atomic mass is 9.87. The van der Waals surface area contributed by atoms with Crippen LogP contribution in [0.25, 0.3) is 0 Å². The molecule has 0 aliphatic carbocycles. The van der Waals surface area contributed by atoms with Crippen molar-refractivity contribution in [3.05, 3.63) is 59.7 Å². The summed E-state index contributed by atoms with van der Waals surface area (Å²) in [6, 6.07) is 14.6. The molecule has 0 unspecified atom stereocenters. The van der Waals surface area contributed by atoms with Crippen LogP contribution in [-0.2, 0) is 20.2 Å². The van der Waals surface area contributed by atoms with E-state index in [1.54, 1.807) is 12.1 Å². The van der Waals surface area contributed by atoms with E-state index in [0.717, 1.165) is 16.9 Å². The molecule has 164 valence electrons. The SMILES string of the molecule is Cc1ccccc1OCCCC(=O)NCCNS(=O)(=O)c1ccc(C(C)(C)C)cc1. The zero-order chi connectivity index (χ0) is 22.2. The van der Waals surface area contributed by atoms with Gasteiger partial charge in [0.15, 0.2) is 0 Å². The van der Waals surface area contributed by atoms with Crippen LogP contribution in [0.2, 0.25) is 0 Å². The van der Waals surface area contributed by atoms with E-state index in [0.29, 0.717) is 19.4 Å². The molecule has 0 aliphatic rings. The highest BCUT2D eigenvalue weighted by Gasteiger charge is 2.17. The van der Waals surface area contributed by atoms with Crippen LogP contribution in [0.5, 0.6) is 5.75 Å². The second-order valence-corrected chi connectivity index (χ2v) is 10.0. The molecule has 0 saturated carbocycles.